The lowest BCUT2D eigenvalue weighted by atomic mass is 10.2. The number of hydrogen-bond acceptors (Lipinski definition) is 4. The van der Waals surface area contributed by atoms with Crippen molar-refractivity contribution >= 4 is 21.8 Å². The highest BCUT2D eigenvalue weighted by Crippen LogP contribution is 2.33. The minimum absolute atomic E-state index is 0.0676. The van der Waals surface area contributed by atoms with Gasteiger partial charge in [-0.15, -0.1) is 0 Å². The molecule has 0 bridgehead atoms. The van der Waals surface area contributed by atoms with Crippen LogP contribution in [0.15, 0.2) is 41.1 Å². The first-order chi connectivity index (χ1) is 9.11. The zero-order chi connectivity index (χ0) is 13.8. The zero-order valence-corrected chi connectivity index (χ0v) is 11.8. The lowest BCUT2D eigenvalue weighted by molar-refractivity contribution is 0.412. The molecule has 0 radical (unpaired) electrons. The summed E-state index contributed by atoms with van der Waals surface area (Å²) in [5.74, 6) is 1.68. The van der Waals surface area contributed by atoms with Gasteiger partial charge in [0.1, 0.15) is 17.3 Å². The molecule has 0 aliphatic rings. The molecule has 0 unspecified atom stereocenters. The Kier molecular flexibility index (Phi) is 4.01. The van der Waals surface area contributed by atoms with Crippen LogP contribution in [-0.2, 0) is 0 Å². The van der Waals surface area contributed by atoms with Gasteiger partial charge in [0.15, 0.2) is 5.75 Å². The van der Waals surface area contributed by atoms with Crippen LogP contribution >= 0.6 is 15.9 Å². The summed E-state index contributed by atoms with van der Waals surface area (Å²) in [6.07, 6.45) is 3.08. The Morgan fingerprint density at radius 1 is 1.32 bits per heavy atom. The van der Waals surface area contributed by atoms with Gasteiger partial charge in [0.25, 0.3) is 0 Å². The number of aromatic nitrogens is 1. The number of methoxy groups -OCH3 is 1. The van der Waals surface area contributed by atoms with E-state index in [2.05, 4.69) is 20.9 Å². The fourth-order valence-electron chi connectivity index (χ4n) is 1.49. The van der Waals surface area contributed by atoms with Crippen LogP contribution in [0.25, 0.3) is 0 Å². The van der Waals surface area contributed by atoms with E-state index in [1.165, 1.54) is 6.20 Å². The van der Waals surface area contributed by atoms with Crippen LogP contribution in [0.3, 0.4) is 0 Å². The Balaban J connectivity index is 2.34. The molecule has 1 heterocycles. The fraction of sp³-hybridized carbons (Fsp3) is 0.0769. The van der Waals surface area contributed by atoms with Gasteiger partial charge in [-0.3, -0.25) is 10.4 Å². The van der Waals surface area contributed by atoms with E-state index in [9.17, 15) is 0 Å². The number of pyridine rings is 1. The number of halogens is 1. The van der Waals surface area contributed by atoms with Gasteiger partial charge in [0.05, 0.1) is 23.3 Å². The number of benzene rings is 1. The molecule has 1 aromatic carbocycles. The number of nitrogens with one attached hydrogen (secondary N) is 1. The molecule has 2 aromatic rings. The fourth-order valence-corrected chi connectivity index (χ4v) is 1.93. The quantitative estimate of drug-likeness (QED) is 0.670. The molecule has 0 spiro atoms. The summed E-state index contributed by atoms with van der Waals surface area (Å²) in [5.41, 5.74) is 5.99. The third-order valence-electron chi connectivity index (χ3n) is 2.43. The lowest BCUT2D eigenvalue weighted by Gasteiger charge is -2.11. The molecule has 3 N–H and O–H groups in total. The number of rotatable bonds is 4. The van der Waals surface area contributed by atoms with E-state index in [-0.39, 0.29) is 5.84 Å². The van der Waals surface area contributed by atoms with Crippen molar-refractivity contribution in [2.24, 2.45) is 5.73 Å². The second kappa shape index (κ2) is 5.71. The molecule has 19 heavy (non-hydrogen) atoms. The van der Waals surface area contributed by atoms with Crippen molar-refractivity contribution < 1.29 is 9.47 Å². The van der Waals surface area contributed by atoms with Crippen molar-refractivity contribution in [2.75, 3.05) is 7.11 Å². The van der Waals surface area contributed by atoms with Crippen LogP contribution in [0.2, 0.25) is 0 Å². The van der Waals surface area contributed by atoms with Gasteiger partial charge in [-0.25, -0.2) is 0 Å². The highest BCUT2D eigenvalue weighted by Gasteiger charge is 2.10. The van der Waals surface area contributed by atoms with E-state index < -0.39 is 0 Å². The summed E-state index contributed by atoms with van der Waals surface area (Å²) >= 11 is 3.40. The third-order valence-corrected chi connectivity index (χ3v) is 3.05. The maximum atomic E-state index is 7.50. The first-order valence-corrected chi connectivity index (χ1v) is 6.21. The number of amidine groups is 1. The highest BCUT2D eigenvalue weighted by molar-refractivity contribution is 9.10. The first-order valence-electron chi connectivity index (χ1n) is 5.41. The van der Waals surface area contributed by atoms with Crippen molar-refractivity contribution in [3.63, 3.8) is 0 Å². The van der Waals surface area contributed by atoms with Crippen LogP contribution in [0, 0.1) is 5.41 Å². The number of hydrogen-bond donors (Lipinski definition) is 2. The molecule has 0 saturated heterocycles. The lowest BCUT2D eigenvalue weighted by Crippen LogP contribution is -2.12. The first kappa shape index (κ1) is 13.4. The Hall–Kier alpha value is -2.08. The predicted octanol–water partition coefficient (Wildman–Crippen LogP) is 2.93. The van der Waals surface area contributed by atoms with Crippen LogP contribution in [0.5, 0.6) is 17.2 Å². The maximum Gasteiger partial charge on any atom is 0.156 e. The number of nitrogen functional groups attached to an aromatic ring is 1. The van der Waals surface area contributed by atoms with Gasteiger partial charge in [-0.2, -0.15) is 0 Å². The zero-order valence-electron chi connectivity index (χ0n) is 10.2. The maximum absolute atomic E-state index is 7.50. The Bertz CT molecular complexity index is 617. The van der Waals surface area contributed by atoms with Gasteiger partial charge in [0.2, 0.25) is 0 Å². The van der Waals surface area contributed by atoms with Gasteiger partial charge < -0.3 is 15.2 Å². The van der Waals surface area contributed by atoms with Crippen molar-refractivity contribution in [2.45, 2.75) is 0 Å². The Labute approximate surface area is 119 Å². The van der Waals surface area contributed by atoms with Gasteiger partial charge in [0, 0.05) is 6.20 Å². The summed E-state index contributed by atoms with van der Waals surface area (Å²) in [5, 5.41) is 7.50. The van der Waals surface area contributed by atoms with E-state index in [1.54, 1.807) is 37.6 Å². The second-order valence-electron chi connectivity index (χ2n) is 3.68. The summed E-state index contributed by atoms with van der Waals surface area (Å²) in [4.78, 5) is 3.97. The van der Waals surface area contributed by atoms with E-state index in [0.29, 0.717) is 17.1 Å². The molecule has 0 aliphatic carbocycles. The average molecular weight is 322 g/mol. The molecule has 0 saturated carbocycles. The monoisotopic (exact) mass is 321 g/mol. The summed E-state index contributed by atoms with van der Waals surface area (Å²) in [6.45, 7) is 0. The second-order valence-corrected chi connectivity index (χ2v) is 4.54. The molecule has 0 fully saturated rings. The topological polar surface area (TPSA) is 81.2 Å². The van der Waals surface area contributed by atoms with Crippen LogP contribution < -0.4 is 15.2 Å². The van der Waals surface area contributed by atoms with Crippen LogP contribution in [-0.4, -0.2) is 17.9 Å². The molecule has 6 heteroatoms. The third kappa shape index (κ3) is 3.03. The normalized spacial score (nSPS) is 10.0. The molecular weight excluding hydrogens is 310 g/mol. The van der Waals surface area contributed by atoms with Gasteiger partial charge in [-0.05, 0) is 40.2 Å². The Morgan fingerprint density at radius 3 is 2.74 bits per heavy atom. The molecular formula is C13H12BrN3O2. The highest BCUT2D eigenvalue weighted by atomic mass is 79.9. The summed E-state index contributed by atoms with van der Waals surface area (Å²) in [7, 11) is 1.59. The molecule has 98 valence electrons. The van der Waals surface area contributed by atoms with Crippen molar-refractivity contribution in [3.05, 3.63) is 46.7 Å². The largest absolute Gasteiger partial charge is 0.497 e. The van der Waals surface area contributed by atoms with E-state index in [4.69, 9.17) is 20.6 Å². The SMILES string of the molecule is COc1ccc(Oc2cnccc2C(=N)N)c(Br)c1. The molecule has 2 rings (SSSR count). The molecule has 0 atom stereocenters. The van der Waals surface area contributed by atoms with Crippen molar-refractivity contribution in [3.8, 4) is 17.2 Å². The molecule has 0 amide bonds. The Morgan fingerprint density at radius 2 is 2.11 bits per heavy atom. The van der Waals surface area contributed by atoms with Crippen molar-refractivity contribution in [1.82, 2.24) is 4.98 Å². The number of ether oxygens (including phenoxy) is 2. The average Bonchev–Trinajstić information content (AvgIpc) is 2.41. The molecule has 0 aliphatic heterocycles. The predicted molar refractivity (Wildman–Crippen MR) is 76.0 cm³/mol. The van der Waals surface area contributed by atoms with E-state index >= 15 is 0 Å². The summed E-state index contributed by atoms with van der Waals surface area (Å²) in [6, 6.07) is 6.97. The molecule has 5 nitrogen and oxygen atoms in total. The van der Waals surface area contributed by atoms with E-state index in [1.807, 2.05) is 0 Å². The smallest absolute Gasteiger partial charge is 0.156 e. The van der Waals surface area contributed by atoms with Gasteiger partial charge in [-0.1, -0.05) is 0 Å². The van der Waals surface area contributed by atoms with Crippen LogP contribution in [0.1, 0.15) is 5.56 Å². The standard InChI is InChI=1S/C13H12BrN3O2/c1-18-8-2-3-11(10(14)6-8)19-12-7-17-5-4-9(12)13(15)16/h2-7H,1H3,(H3,15,16). The van der Waals surface area contributed by atoms with Crippen molar-refractivity contribution in [1.29, 1.82) is 5.41 Å². The van der Waals surface area contributed by atoms with Gasteiger partial charge >= 0.3 is 0 Å². The number of nitrogens with zero attached hydrogens (tertiary/aromatic N) is 1. The van der Waals surface area contributed by atoms with Crippen LogP contribution in [0.4, 0.5) is 0 Å². The minimum Gasteiger partial charge on any atom is -0.497 e. The molecule has 1 aromatic heterocycles. The van der Waals surface area contributed by atoms with E-state index in [0.717, 1.165) is 10.2 Å². The number of nitrogens with two attached hydrogens (primary N) is 1. The summed E-state index contributed by atoms with van der Waals surface area (Å²) < 4.78 is 11.6. The minimum atomic E-state index is -0.0676.